The predicted octanol–water partition coefficient (Wildman–Crippen LogP) is 2.56. The lowest BCUT2D eigenvalue weighted by Crippen LogP contribution is -2.47. The Labute approximate surface area is 290 Å². The predicted molar refractivity (Wildman–Crippen MR) is 183 cm³/mol. The zero-order valence-corrected chi connectivity index (χ0v) is 30.4. The number of hydrogen-bond donors (Lipinski definition) is 3. The summed E-state index contributed by atoms with van der Waals surface area (Å²) in [4.78, 5) is 69.5. The number of carbonyl (C=O) groups excluding carboxylic acids is 5. The summed E-state index contributed by atoms with van der Waals surface area (Å²) in [5.74, 6) is 4.36. The number of sulfone groups is 1. The Hall–Kier alpha value is -3.74. The van der Waals surface area contributed by atoms with Gasteiger partial charge in [-0.15, -0.1) is 0 Å². The lowest BCUT2D eigenvalue weighted by molar-refractivity contribution is -0.136. The Balaban J connectivity index is 2.31. The first kappa shape index (κ1) is 43.3. The van der Waals surface area contributed by atoms with Gasteiger partial charge in [-0.3, -0.25) is 19.2 Å². The van der Waals surface area contributed by atoms with Gasteiger partial charge in [0.2, 0.25) is 20.9 Å². The normalized spacial score (nSPS) is 12.8. The van der Waals surface area contributed by atoms with Crippen molar-refractivity contribution in [2.75, 3.05) is 39.2 Å². The number of amides is 3. The molecule has 0 aliphatic heterocycles. The lowest BCUT2D eigenvalue weighted by atomic mass is 9.78. The van der Waals surface area contributed by atoms with Crippen LogP contribution in [0.5, 0.6) is 0 Å². The molecule has 0 aromatic carbocycles. The highest BCUT2D eigenvalue weighted by molar-refractivity contribution is 7.90. The van der Waals surface area contributed by atoms with Crippen LogP contribution in [0.25, 0.3) is 0 Å². The highest BCUT2D eigenvalue weighted by atomic mass is 32.2. The molecule has 1 rings (SSSR count). The van der Waals surface area contributed by atoms with Crippen LogP contribution in [0.15, 0.2) is 17.6 Å². The molecular formula is C34H53N5O9S. The van der Waals surface area contributed by atoms with E-state index >= 15 is 0 Å². The van der Waals surface area contributed by atoms with Gasteiger partial charge in [-0.2, -0.15) is 0 Å². The first-order chi connectivity index (χ1) is 22.9. The Morgan fingerprint density at radius 2 is 1.59 bits per heavy atom. The van der Waals surface area contributed by atoms with Crippen LogP contribution in [0.1, 0.15) is 91.5 Å². The highest BCUT2D eigenvalue weighted by Gasteiger charge is 2.33. The molecule has 15 heteroatoms. The molecule has 3 amide bonds. The third kappa shape index (κ3) is 19.1. The zero-order valence-electron chi connectivity index (χ0n) is 29.6. The zero-order chi connectivity index (χ0) is 37.0. The van der Waals surface area contributed by atoms with Crippen molar-refractivity contribution in [3.05, 3.63) is 18.0 Å². The molecule has 0 spiro atoms. The number of aromatic nitrogens is 2. The van der Waals surface area contributed by atoms with Gasteiger partial charge in [-0.05, 0) is 31.6 Å². The number of ether oxygens (including phenoxy) is 2. The van der Waals surface area contributed by atoms with E-state index in [0.717, 1.165) is 6.26 Å². The van der Waals surface area contributed by atoms with E-state index in [1.165, 1.54) is 12.4 Å². The SMILES string of the molecule is CC(C)[C@H](NC(=O)COCCOCCCC(=O)CCCC#Cc1cnc(S(C)(=O)=O)nc1)C(=O)C[C@@H](CCCNC(N)=O)C(=O)C(C)(C)C. The van der Waals surface area contributed by atoms with Gasteiger partial charge in [-0.1, -0.05) is 46.5 Å². The summed E-state index contributed by atoms with van der Waals surface area (Å²) in [6, 6.07) is -1.44. The number of nitrogens with two attached hydrogens (primary N) is 1. The molecule has 274 valence electrons. The Morgan fingerprint density at radius 1 is 0.959 bits per heavy atom. The smallest absolute Gasteiger partial charge is 0.312 e. The largest absolute Gasteiger partial charge is 0.379 e. The molecule has 4 N–H and O–H groups in total. The lowest BCUT2D eigenvalue weighted by Gasteiger charge is -2.27. The first-order valence-corrected chi connectivity index (χ1v) is 18.4. The summed E-state index contributed by atoms with van der Waals surface area (Å²) in [6.07, 6.45) is 6.99. The molecule has 0 unspecified atom stereocenters. The number of Topliss-reactive ketones (excluding diaryl/α,β-unsaturated/α-hetero) is 3. The van der Waals surface area contributed by atoms with Gasteiger partial charge in [0.1, 0.15) is 18.2 Å². The van der Waals surface area contributed by atoms with Crippen LogP contribution in [0.4, 0.5) is 4.79 Å². The van der Waals surface area contributed by atoms with Gasteiger partial charge in [0.15, 0.2) is 5.78 Å². The highest BCUT2D eigenvalue weighted by Crippen LogP contribution is 2.26. The Bertz CT molecular complexity index is 1410. The van der Waals surface area contributed by atoms with Crippen molar-refractivity contribution < 1.29 is 41.9 Å². The van der Waals surface area contributed by atoms with Crippen LogP contribution in [0, 0.1) is 29.1 Å². The number of ketones is 3. The van der Waals surface area contributed by atoms with Crippen molar-refractivity contribution >= 4 is 39.1 Å². The molecule has 0 radical (unpaired) electrons. The van der Waals surface area contributed by atoms with Gasteiger partial charge in [0, 0.05) is 68.8 Å². The fraction of sp³-hybridized carbons (Fsp3) is 0.676. The van der Waals surface area contributed by atoms with Crippen molar-refractivity contribution in [1.82, 2.24) is 20.6 Å². The minimum Gasteiger partial charge on any atom is -0.379 e. The van der Waals surface area contributed by atoms with E-state index in [0.29, 0.717) is 63.7 Å². The van der Waals surface area contributed by atoms with Crippen molar-refractivity contribution in [3.63, 3.8) is 0 Å². The standard InChI is InChI=1S/C34H53N5O9S/c1-24(2)30(28(41)20-26(31(43)34(3,4)5)13-10-16-36-32(35)44)39-29(42)23-48-19-18-47-17-11-15-27(40)14-9-7-8-12-25-21-37-33(38-22-25)49(6,45)46/h21-22,24,26,30H,7,9-11,13-20,23H2,1-6H3,(H,39,42)(H3,35,36,44)/t26-,30+/m1/s1. The molecule has 0 saturated carbocycles. The molecule has 0 saturated heterocycles. The summed E-state index contributed by atoms with van der Waals surface area (Å²) in [5, 5.41) is 4.97. The number of nitrogens with one attached hydrogen (secondary N) is 2. The van der Waals surface area contributed by atoms with Crippen LogP contribution < -0.4 is 16.4 Å². The third-order valence-electron chi connectivity index (χ3n) is 7.22. The maximum Gasteiger partial charge on any atom is 0.312 e. The average Bonchev–Trinajstić information content (AvgIpc) is 3.01. The van der Waals surface area contributed by atoms with Crippen molar-refractivity contribution in [2.24, 2.45) is 23.0 Å². The molecule has 0 fully saturated rings. The van der Waals surface area contributed by atoms with Gasteiger partial charge >= 0.3 is 6.03 Å². The molecule has 1 heterocycles. The van der Waals surface area contributed by atoms with Gasteiger partial charge in [0.05, 0.1) is 24.8 Å². The Kier molecular flexibility index (Phi) is 19.5. The number of unbranched alkanes of at least 4 members (excludes halogenated alkanes) is 1. The number of primary amides is 1. The monoisotopic (exact) mass is 707 g/mol. The van der Waals surface area contributed by atoms with Crippen molar-refractivity contribution in [3.8, 4) is 11.8 Å². The quantitative estimate of drug-likeness (QED) is 0.0854. The Morgan fingerprint density at radius 3 is 2.18 bits per heavy atom. The second kappa shape index (κ2) is 22.1. The van der Waals surface area contributed by atoms with E-state index in [2.05, 4.69) is 32.4 Å². The fourth-order valence-electron chi connectivity index (χ4n) is 4.69. The second-order valence-corrected chi connectivity index (χ2v) is 15.1. The maximum atomic E-state index is 13.2. The van der Waals surface area contributed by atoms with Gasteiger partial charge in [-0.25, -0.2) is 23.2 Å². The van der Waals surface area contributed by atoms with E-state index in [1.54, 1.807) is 20.8 Å². The van der Waals surface area contributed by atoms with E-state index in [1.807, 2.05) is 13.8 Å². The van der Waals surface area contributed by atoms with Crippen LogP contribution in [0.3, 0.4) is 0 Å². The number of urea groups is 1. The van der Waals surface area contributed by atoms with Crippen LogP contribution in [-0.4, -0.2) is 92.9 Å². The van der Waals surface area contributed by atoms with Crippen molar-refractivity contribution in [2.45, 2.75) is 97.2 Å². The van der Waals surface area contributed by atoms with Crippen LogP contribution in [0.2, 0.25) is 0 Å². The number of rotatable bonds is 23. The molecule has 2 atom stereocenters. The maximum absolute atomic E-state index is 13.2. The number of hydrogen-bond acceptors (Lipinski definition) is 11. The summed E-state index contributed by atoms with van der Waals surface area (Å²) in [7, 11) is -3.46. The van der Waals surface area contributed by atoms with Gasteiger partial charge < -0.3 is 25.8 Å². The van der Waals surface area contributed by atoms with E-state index in [4.69, 9.17) is 15.2 Å². The molecule has 0 aliphatic carbocycles. The van der Waals surface area contributed by atoms with E-state index in [-0.39, 0.29) is 54.7 Å². The molecule has 1 aromatic heterocycles. The summed E-state index contributed by atoms with van der Waals surface area (Å²) in [6.45, 7) is 9.81. The van der Waals surface area contributed by atoms with Crippen molar-refractivity contribution in [1.29, 1.82) is 0 Å². The number of carbonyl (C=O) groups is 5. The first-order valence-electron chi connectivity index (χ1n) is 16.5. The molecular weight excluding hydrogens is 654 g/mol. The minimum absolute atomic E-state index is 0.0255. The van der Waals surface area contributed by atoms with Crippen LogP contribution >= 0.6 is 0 Å². The molecule has 0 bridgehead atoms. The molecule has 0 aliphatic rings. The van der Waals surface area contributed by atoms with E-state index < -0.39 is 39.2 Å². The molecule has 14 nitrogen and oxygen atoms in total. The van der Waals surface area contributed by atoms with E-state index in [9.17, 15) is 32.4 Å². The summed E-state index contributed by atoms with van der Waals surface area (Å²) in [5.41, 5.74) is 4.95. The fourth-order valence-corrected chi connectivity index (χ4v) is 5.18. The average molecular weight is 708 g/mol. The molecule has 1 aromatic rings. The summed E-state index contributed by atoms with van der Waals surface area (Å²) >= 11 is 0. The summed E-state index contributed by atoms with van der Waals surface area (Å²) < 4.78 is 33.7. The van der Waals surface area contributed by atoms with Crippen LogP contribution in [-0.2, 0) is 38.5 Å². The van der Waals surface area contributed by atoms with Gasteiger partial charge in [0.25, 0.3) is 0 Å². The number of nitrogens with zero attached hydrogens (tertiary/aromatic N) is 2. The topological polar surface area (TPSA) is 214 Å². The second-order valence-electron chi connectivity index (χ2n) is 13.2. The minimum atomic E-state index is -3.46. The third-order valence-corrected chi connectivity index (χ3v) is 8.09. The molecule has 49 heavy (non-hydrogen) atoms.